The summed E-state index contributed by atoms with van der Waals surface area (Å²) in [5.74, 6) is -0.413. The average molecular weight is 375 g/mol. The summed E-state index contributed by atoms with van der Waals surface area (Å²) in [4.78, 5) is 25.6. The number of nitrogens with zero attached hydrogens (tertiary/aromatic N) is 1. The maximum absolute atomic E-state index is 12.3. The van der Waals surface area contributed by atoms with Crippen molar-refractivity contribution in [2.45, 2.75) is 20.8 Å². The molecule has 0 radical (unpaired) electrons. The van der Waals surface area contributed by atoms with Gasteiger partial charge in [0, 0.05) is 22.8 Å². The minimum absolute atomic E-state index is 0.0290. The first-order valence-corrected chi connectivity index (χ1v) is 8.06. The number of rotatable bonds is 4. The maximum Gasteiger partial charge on any atom is 0.244 e. The van der Waals surface area contributed by atoms with E-state index < -0.39 is 0 Å². The Morgan fingerprint density at radius 2 is 1.74 bits per heavy atom. The minimum Gasteiger partial charge on any atom is -0.325 e. The lowest BCUT2D eigenvalue weighted by molar-refractivity contribution is -0.120. The Hall–Kier alpha value is -2.14. The molecule has 23 heavy (non-hydrogen) atoms. The van der Waals surface area contributed by atoms with Gasteiger partial charge >= 0.3 is 0 Å². The zero-order chi connectivity index (χ0) is 17.0. The Bertz CT molecular complexity index is 723. The molecular weight excluding hydrogens is 356 g/mol. The molecule has 120 valence electrons. The molecule has 0 spiro atoms. The fraction of sp³-hybridized carbons (Fsp3) is 0.222. The predicted octanol–water partition coefficient (Wildman–Crippen LogP) is 4.06. The largest absolute Gasteiger partial charge is 0.325 e. The van der Waals surface area contributed by atoms with Crippen LogP contribution in [0.3, 0.4) is 0 Å². The molecule has 0 bridgehead atoms. The van der Waals surface area contributed by atoms with Crippen LogP contribution in [0.15, 0.2) is 46.9 Å². The summed E-state index contributed by atoms with van der Waals surface area (Å²) in [7, 11) is 0. The van der Waals surface area contributed by atoms with Crippen molar-refractivity contribution in [3.8, 4) is 0 Å². The molecule has 0 aromatic heterocycles. The van der Waals surface area contributed by atoms with Gasteiger partial charge in [-0.15, -0.1) is 0 Å². The van der Waals surface area contributed by atoms with Crippen LogP contribution in [0, 0.1) is 13.8 Å². The number of nitrogens with one attached hydrogen (secondary N) is 1. The minimum atomic E-state index is -0.231. The highest BCUT2D eigenvalue weighted by molar-refractivity contribution is 9.10. The normalized spacial score (nSPS) is 10.3. The van der Waals surface area contributed by atoms with Gasteiger partial charge in [0.15, 0.2) is 0 Å². The Labute approximate surface area is 144 Å². The van der Waals surface area contributed by atoms with E-state index in [0.29, 0.717) is 5.69 Å². The number of amides is 2. The SMILES string of the molecule is CC(=O)N(CC(=O)Nc1cc(C)cc(C)c1)c1cccc(Br)c1. The molecule has 5 heteroatoms. The van der Waals surface area contributed by atoms with E-state index in [2.05, 4.69) is 21.2 Å². The fourth-order valence-electron chi connectivity index (χ4n) is 2.42. The summed E-state index contributed by atoms with van der Waals surface area (Å²) in [6, 6.07) is 13.2. The van der Waals surface area contributed by atoms with Crippen molar-refractivity contribution in [3.63, 3.8) is 0 Å². The van der Waals surface area contributed by atoms with Gasteiger partial charge in [0.05, 0.1) is 0 Å². The topological polar surface area (TPSA) is 49.4 Å². The molecule has 2 aromatic rings. The van der Waals surface area contributed by atoms with Crippen LogP contribution in [0.1, 0.15) is 18.1 Å². The molecule has 0 atom stereocenters. The molecular formula is C18H19BrN2O2. The third kappa shape index (κ3) is 4.93. The summed E-state index contributed by atoms with van der Waals surface area (Å²) in [6.45, 7) is 5.38. The molecule has 0 aliphatic carbocycles. The lowest BCUT2D eigenvalue weighted by Crippen LogP contribution is -2.36. The molecule has 0 aliphatic rings. The first-order chi connectivity index (χ1) is 10.8. The van der Waals surface area contributed by atoms with Gasteiger partial charge in [0.1, 0.15) is 6.54 Å². The Morgan fingerprint density at radius 1 is 1.09 bits per heavy atom. The molecule has 2 rings (SSSR count). The van der Waals surface area contributed by atoms with E-state index in [0.717, 1.165) is 21.3 Å². The molecule has 0 heterocycles. The van der Waals surface area contributed by atoms with Crippen LogP contribution in [-0.4, -0.2) is 18.4 Å². The first-order valence-electron chi connectivity index (χ1n) is 7.27. The second-order valence-corrected chi connectivity index (χ2v) is 6.43. The quantitative estimate of drug-likeness (QED) is 0.876. The van der Waals surface area contributed by atoms with Crippen LogP contribution in [0.25, 0.3) is 0 Å². The van der Waals surface area contributed by atoms with Gasteiger partial charge in [-0.05, 0) is 55.3 Å². The summed E-state index contributed by atoms with van der Waals surface area (Å²) >= 11 is 3.38. The summed E-state index contributed by atoms with van der Waals surface area (Å²) in [6.07, 6.45) is 0. The monoisotopic (exact) mass is 374 g/mol. The van der Waals surface area contributed by atoms with Crippen LogP contribution in [-0.2, 0) is 9.59 Å². The van der Waals surface area contributed by atoms with Gasteiger partial charge in [0.2, 0.25) is 11.8 Å². The molecule has 2 amide bonds. The highest BCUT2D eigenvalue weighted by Gasteiger charge is 2.16. The Kier molecular flexibility index (Phi) is 5.55. The molecule has 0 fully saturated rings. The van der Waals surface area contributed by atoms with Gasteiger partial charge in [-0.3, -0.25) is 9.59 Å². The zero-order valence-electron chi connectivity index (χ0n) is 13.4. The Morgan fingerprint density at radius 3 is 2.30 bits per heavy atom. The van der Waals surface area contributed by atoms with Gasteiger partial charge in [-0.1, -0.05) is 28.1 Å². The second kappa shape index (κ2) is 7.42. The summed E-state index contributed by atoms with van der Waals surface area (Å²) < 4.78 is 0.857. The number of aryl methyl sites for hydroxylation is 2. The van der Waals surface area contributed by atoms with Crippen LogP contribution < -0.4 is 10.2 Å². The number of carbonyl (C=O) groups excluding carboxylic acids is 2. The number of hydrogen-bond donors (Lipinski definition) is 1. The number of carbonyl (C=O) groups is 2. The van der Waals surface area contributed by atoms with Crippen molar-refractivity contribution in [3.05, 3.63) is 58.1 Å². The summed E-state index contributed by atoms with van der Waals surface area (Å²) in [5.41, 5.74) is 3.58. The number of halogens is 1. The van der Waals surface area contributed by atoms with E-state index in [-0.39, 0.29) is 18.4 Å². The van der Waals surface area contributed by atoms with Gasteiger partial charge < -0.3 is 10.2 Å². The highest BCUT2D eigenvalue weighted by Crippen LogP contribution is 2.20. The highest BCUT2D eigenvalue weighted by atomic mass is 79.9. The molecule has 0 saturated heterocycles. The number of benzene rings is 2. The fourth-order valence-corrected chi connectivity index (χ4v) is 2.81. The van der Waals surface area contributed by atoms with Crippen molar-refractivity contribution in [2.24, 2.45) is 0 Å². The van der Waals surface area contributed by atoms with E-state index >= 15 is 0 Å². The molecule has 0 aliphatic heterocycles. The predicted molar refractivity (Wildman–Crippen MR) is 96.7 cm³/mol. The molecule has 4 nitrogen and oxygen atoms in total. The van der Waals surface area contributed by atoms with Gasteiger partial charge in [-0.25, -0.2) is 0 Å². The van der Waals surface area contributed by atoms with E-state index in [4.69, 9.17) is 0 Å². The van der Waals surface area contributed by atoms with Gasteiger partial charge in [0.25, 0.3) is 0 Å². The Balaban J connectivity index is 2.14. The molecule has 1 N–H and O–H groups in total. The summed E-state index contributed by atoms with van der Waals surface area (Å²) in [5, 5.41) is 2.85. The average Bonchev–Trinajstić information content (AvgIpc) is 2.43. The van der Waals surface area contributed by atoms with Crippen LogP contribution in [0.5, 0.6) is 0 Å². The van der Waals surface area contributed by atoms with E-state index in [9.17, 15) is 9.59 Å². The molecule has 0 unspecified atom stereocenters. The van der Waals surface area contributed by atoms with Crippen molar-refractivity contribution in [2.75, 3.05) is 16.8 Å². The van der Waals surface area contributed by atoms with Crippen LogP contribution in [0.4, 0.5) is 11.4 Å². The third-order valence-electron chi connectivity index (χ3n) is 3.31. The van der Waals surface area contributed by atoms with E-state index in [1.165, 1.54) is 11.8 Å². The van der Waals surface area contributed by atoms with Crippen molar-refractivity contribution >= 4 is 39.1 Å². The smallest absolute Gasteiger partial charge is 0.244 e. The van der Waals surface area contributed by atoms with Crippen LogP contribution >= 0.6 is 15.9 Å². The first kappa shape index (κ1) is 17.2. The number of anilines is 2. The zero-order valence-corrected chi connectivity index (χ0v) is 15.0. The lowest BCUT2D eigenvalue weighted by Gasteiger charge is -2.21. The van der Waals surface area contributed by atoms with Crippen molar-refractivity contribution in [1.82, 2.24) is 0 Å². The lowest BCUT2D eigenvalue weighted by atomic mass is 10.1. The van der Waals surface area contributed by atoms with E-state index in [1.807, 2.05) is 50.2 Å². The third-order valence-corrected chi connectivity index (χ3v) is 3.80. The van der Waals surface area contributed by atoms with Crippen molar-refractivity contribution < 1.29 is 9.59 Å². The van der Waals surface area contributed by atoms with Crippen molar-refractivity contribution in [1.29, 1.82) is 0 Å². The molecule has 0 saturated carbocycles. The molecule has 2 aromatic carbocycles. The second-order valence-electron chi connectivity index (χ2n) is 5.51. The maximum atomic E-state index is 12.3. The van der Waals surface area contributed by atoms with Gasteiger partial charge in [-0.2, -0.15) is 0 Å². The standard InChI is InChI=1S/C18H19BrN2O2/c1-12-7-13(2)9-16(8-12)20-18(23)11-21(14(3)22)17-6-4-5-15(19)10-17/h4-10H,11H2,1-3H3,(H,20,23). The number of hydrogen-bond acceptors (Lipinski definition) is 2. The van der Waals surface area contributed by atoms with E-state index in [1.54, 1.807) is 6.07 Å². The van der Waals surface area contributed by atoms with Crippen LogP contribution in [0.2, 0.25) is 0 Å².